The quantitative estimate of drug-likeness (QED) is 0.839. The van der Waals surface area contributed by atoms with Crippen LogP contribution in [0.5, 0.6) is 0 Å². The van der Waals surface area contributed by atoms with E-state index in [9.17, 15) is 0 Å². The molecule has 1 heterocycles. The number of nitrogens with zero attached hydrogens (tertiary/aromatic N) is 1. The summed E-state index contributed by atoms with van der Waals surface area (Å²) in [5.74, 6) is 0.480. The molecule has 0 aliphatic heterocycles. The second-order valence-corrected chi connectivity index (χ2v) is 6.63. The van der Waals surface area contributed by atoms with Crippen molar-refractivity contribution < 1.29 is 0 Å². The highest BCUT2D eigenvalue weighted by atomic mass is 14.7. The van der Waals surface area contributed by atoms with E-state index in [0.29, 0.717) is 17.4 Å². The Labute approximate surface area is 115 Å². The summed E-state index contributed by atoms with van der Waals surface area (Å²) >= 11 is 0. The average molecular weight is 254 g/mol. The van der Waals surface area contributed by atoms with Crippen molar-refractivity contribution in [3.63, 3.8) is 0 Å². The molecule has 2 heteroatoms. The van der Waals surface area contributed by atoms with Gasteiger partial charge >= 0.3 is 0 Å². The molecule has 100 valence electrons. The molecule has 1 aliphatic rings. The lowest BCUT2D eigenvalue weighted by atomic mass is 9.68. The van der Waals surface area contributed by atoms with Crippen molar-refractivity contribution in [1.82, 2.24) is 4.98 Å². The van der Waals surface area contributed by atoms with Gasteiger partial charge in [0.15, 0.2) is 0 Å². The van der Waals surface area contributed by atoms with Crippen LogP contribution in [-0.4, -0.2) is 11.0 Å². The predicted octanol–water partition coefficient (Wildman–Crippen LogP) is 3.86. The van der Waals surface area contributed by atoms with E-state index in [-0.39, 0.29) is 0 Å². The lowest BCUT2D eigenvalue weighted by Gasteiger charge is -2.39. The van der Waals surface area contributed by atoms with Gasteiger partial charge in [-0.3, -0.25) is 4.98 Å². The fourth-order valence-electron chi connectivity index (χ4n) is 3.30. The van der Waals surface area contributed by atoms with Crippen molar-refractivity contribution in [2.24, 2.45) is 11.1 Å². The van der Waals surface area contributed by atoms with Gasteiger partial charge in [-0.25, -0.2) is 0 Å². The van der Waals surface area contributed by atoms with E-state index >= 15 is 0 Å². The fourth-order valence-corrected chi connectivity index (χ4v) is 3.30. The first-order valence-corrected chi connectivity index (χ1v) is 7.15. The number of benzene rings is 1. The van der Waals surface area contributed by atoms with E-state index in [1.54, 1.807) is 0 Å². The van der Waals surface area contributed by atoms with Gasteiger partial charge in [0.05, 0.1) is 5.52 Å². The summed E-state index contributed by atoms with van der Waals surface area (Å²) in [6.07, 6.45) is 5.39. The van der Waals surface area contributed by atoms with Crippen molar-refractivity contribution in [3.8, 4) is 0 Å². The molecule has 1 fully saturated rings. The van der Waals surface area contributed by atoms with E-state index in [1.807, 2.05) is 12.3 Å². The zero-order valence-electron chi connectivity index (χ0n) is 11.8. The van der Waals surface area contributed by atoms with Crippen LogP contribution in [0.25, 0.3) is 10.9 Å². The molecule has 3 rings (SSSR count). The lowest BCUT2D eigenvalue weighted by molar-refractivity contribution is 0.199. The maximum Gasteiger partial charge on any atom is 0.0702 e. The Bertz CT molecular complexity index is 589. The standard InChI is InChI=1S/C17H22N2/c1-17(2)8-7-15(18)14(11-17)12-5-6-16-13(10-12)4-3-9-19-16/h3-6,9-10,14-15H,7-8,11,18H2,1-2H3. The molecule has 0 amide bonds. The first kappa shape index (κ1) is 12.6. The van der Waals surface area contributed by atoms with Gasteiger partial charge in [-0.15, -0.1) is 0 Å². The van der Waals surface area contributed by atoms with Gasteiger partial charge in [0, 0.05) is 17.6 Å². The van der Waals surface area contributed by atoms with Crippen molar-refractivity contribution >= 4 is 10.9 Å². The largest absolute Gasteiger partial charge is 0.327 e. The molecular weight excluding hydrogens is 232 g/mol. The van der Waals surface area contributed by atoms with Crippen LogP contribution in [0.15, 0.2) is 36.5 Å². The Morgan fingerprint density at radius 1 is 1.26 bits per heavy atom. The van der Waals surface area contributed by atoms with Gasteiger partial charge in [-0.2, -0.15) is 0 Å². The van der Waals surface area contributed by atoms with Crippen molar-refractivity contribution in [1.29, 1.82) is 0 Å². The van der Waals surface area contributed by atoms with Crippen LogP contribution in [0.4, 0.5) is 0 Å². The summed E-state index contributed by atoms with van der Waals surface area (Å²) in [5.41, 5.74) is 9.21. The number of nitrogens with two attached hydrogens (primary N) is 1. The second kappa shape index (κ2) is 4.61. The van der Waals surface area contributed by atoms with Gasteiger partial charge in [-0.1, -0.05) is 26.0 Å². The molecule has 2 atom stereocenters. The number of pyridine rings is 1. The topological polar surface area (TPSA) is 38.9 Å². The minimum atomic E-state index is 0.294. The molecule has 2 aromatic rings. The maximum absolute atomic E-state index is 6.36. The van der Waals surface area contributed by atoms with Crippen molar-refractivity contribution in [3.05, 3.63) is 42.1 Å². The Morgan fingerprint density at radius 2 is 2.11 bits per heavy atom. The summed E-state index contributed by atoms with van der Waals surface area (Å²) in [6.45, 7) is 4.71. The van der Waals surface area contributed by atoms with Crippen LogP contribution in [0.1, 0.15) is 44.6 Å². The molecule has 0 bridgehead atoms. The highest BCUT2D eigenvalue weighted by Gasteiger charge is 2.33. The summed E-state index contributed by atoms with van der Waals surface area (Å²) < 4.78 is 0. The molecule has 2 nitrogen and oxygen atoms in total. The third-order valence-electron chi connectivity index (χ3n) is 4.50. The number of hydrogen-bond donors (Lipinski definition) is 1. The third-order valence-corrected chi connectivity index (χ3v) is 4.50. The number of aromatic nitrogens is 1. The first-order valence-electron chi connectivity index (χ1n) is 7.15. The second-order valence-electron chi connectivity index (χ2n) is 6.63. The number of fused-ring (bicyclic) bond motifs is 1. The summed E-state index contributed by atoms with van der Waals surface area (Å²) in [5, 5.41) is 1.22. The average Bonchev–Trinajstić information content (AvgIpc) is 2.41. The van der Waals surface area contributed by atoms with Gasteiger partial charge in [-0.05, 0) is 54.4 Å². The fraction of sp³-hybridized carbons (Fsp3) is 0.471. The molecular formula is C17H22N2. The Hall–Kier alpha value is -1.41. The minimum Gasteiger partial charge on any atom is -0.327 e. The Morgan fingerprint density at radius 3 is 2.95 bits per heavy atom. The highest BCUT2D eigenvalue weighted by molar-refractivity contribution is 5.79. The molecule has 0 radical (unpaired) electrons. The van der Waals surface area contributed by atoms with Crippen LogP contribution < -0.4 is 5.73 Å². The van der Waals surface area contributed by atoms with E-state index < -0.39 is 0 Å². The zero-order valence-corrected chi connectivity index (χ0v) is 11.8. The highest BCUT2D eigenvalue weighted by Crippen LogP contribution is 2.43. The van der Waals surface area contributed by atoms with E-state index in [2.05, 4.69) is 43.1 Å². The van der Waals surface area contributed by atoms with Gasteiger partial charge < -0.3 is 5.73 Å². The summed E-state index contributed by atoms with van der Waals surface area (Å²) in [7, 11) is 0. The van der Waals surface area contributed by atoms with E-state index in [1.165, 1.54) is 23.8 Å². The molecule has 1 saturated carbocycles. The van der Waals surface area contributed by atoms with E-state index in [0.717, 1.165) is 11.9 Å². The lowest BCUT2D eigenvalue weighted by Crippen LogP contribution is -2.37. The molecule has 1 aromatic carbocycles. The number of hydrogen-bond acceptors (Lipinski definition) is 2. The molecule has 2 N–H and O–H groups in total. The molecule has 2 unspecified atom stereocenters. The van der Waals surface area contributed by atoms with Gasteiger partial charge in [0.2, 0.25) is 0 Å². The van der Waals surface area contributed by atoms with Gasteiger partial charge in [0.1, 0.15) is 0 Å². The zero-order chi connectivity index (χ0) is 13.5. The van der Waals surface area contributed by atoms with Crippen LogP contribution in [0, 0.1) is 5.41 Å². The van der Waals surface area contributed by atoms with Crippen LogP contribution >= 0.6 is 0 Å². The minimum absolute atomic E-state index is 0.294. The predicted molar refractivity (Wildman–Crippen MR) is 80.1 cm³/mol. The smallest absolute Gasteiger partial charge is 0.0702 e. The Kier molecular flexibility index (Phi) is 3.06. The van der Waals surface area contributed by atoms with Crippen molar-refractivity contribution in [2.45, 2.75) is 45.1 Å². The monoisotopic (exact) mass is 254 g/mol. The van der Waals surface area contributed by atoms with Gasteiger partial charge in [0.25, 0.3) is 0 Å². The number of rotatable bonds is 1. The summed E-state index contributed by atoms with van der Waals surface area (Å²) in [4.78, 5) is 4.38. The molecule has 0 spiro atoms. The summed E-state index contributed by atoms with van der Waals surface area (Å²) in [6, 6.07) is 11.0. The molecule has 19 heavy (non-hydrogen) atoms. The molecule has 1 aromatic heterocycles. The third kappa shape index (κ3) is 2.50. The van der Waals surface area contributed by atoms with Crippen LogP contribution in [0.3, 0.4) is 0 Å². The van der Waals surface area contributed by atoms with E-state index in [4.69, 9.17) is 5.73 Å². The van der Waals surface area contributed by atoms with Crippen molar-refractivity contribution in [2.75, 3.05) is 0 Å². The Balaban J connectivity index is 1.98. The van der Waals surface area contributed by atoms with Crippen LogP contribution in [0.2, 0.25) is 0 Å². The molecule has 0 saturated heterocycles. The SMILES string of the molecule is CC1(C)CCC(N)C(c2ccc3ncccc3c2)C1. The molecule has 1 aliphatic carbocycles. The van der Waals surface area contributed by atoms with Crippen LogP contribution in [-0.2, 0) is 0 Å². The first-order chi connectivity index (χ1) is 9.05. The normalized spacial score (nSPS) is 26.5. The maximum atomic E-state index is 6.36.